The summed E-state index contributed by atoms with van der Waals surface area (Å²) < 4.78 is 46.6. The lowest BCUT2D eigenvalue weighted by atomic mass is 10.2. The summed E-state index contributed by atoms with van der Waals surface area (Å²) in [6, 6.07) is 17.6. The first-order chi connectivity index (χ1) is 14.3. The van der Waals surface area contributed by atoms with Crippen molar-refractivity contribution in [2.75, 3.05) is 16.2 Å². The van der Waals surface area contributed by atoms with E-state index in [9.17, 15) is 17.6 Å². The molecule has 0 fully saturated rings. The van der Waals surface area contributed by atoms with E-state index in [0.717, 1.165) is 4.31 Å². The molecule has 30 heavy (non-hydrogen) atoms. The number of nitrogens with zero attached hydrogens (tertiary/aromatic N) is 1. The maximum atomic E-state index is 13.3. The van der Waals surface area contributed by atoms with Crippen LogP contribution >= 0.6 is 11.6 Å². The highest BCUT2D eigenvalue weighted by atomic mass is 35.5. The predicted molar refractivity (Wildman–Crippen MR) is 112 cm³/mol. The normalized spacial score (nSPS) is 15.8. The van der Waals surface area contributed by atoms with Crippen molar-refractivity contribution in [1.29, 1.82) is 0 Å². The molecule has 1 aliphatic heterocycles. The lowest BCUT2D eigenvalue weighted by molar-refractivity contribution is -0.122. The lowest BCUT2D eigenvalue weighted by Gasteiger charge is -2.34. The molecule has 0 aromatic heterocycles. The molecule has 1 atom stereocenters. The van der Waals surface area contributed by atoms with Gasteiger partial charge in [0, 0.05) is 10.7 Å². The molecule has 154 valence electrons. The van der Waals surface area contributed by atoms with Gasteiger partial charge in [-0.05, 0) is 60.7 Å². The van der Waals surface area contributed by atoms with E-state index in [1.807, 2.05) is 0 Å². The molecular formula is C21H16ClFN2O4S. The second kappa shape index (κ2) is 7.97. The molecule has 0 radical (unpaired) electrons. The number of nitrogens with one attached hydrogen (secondary N) is 1. The standard InChI is InChI=1S/C21H16ClFN2O4S/c22-14-5-11-17(12-6-14)30(27,28)25-13-20(29-19-4-2-1-3-18(19)25)21(26)24-16-9-7-15(23)8-10-16/h1-12,20H,13H2,(H,24,26)/t20-/m1/s1. The molecule has 0 saturated carbocycles. The molecule has 4 rings (SSSR count). The van der Waals surface area contributed by atoms with Gasteiger partial charge >= 0.3 is 0 Å². The summed E-state index contributed by atoms with van der Waals surface area (Å²) in [6.07, 6.45) is -1.10. The molecule has 9 heteroatoms. The molecule has 0 bridgehead atoms. The first-order valence-corrected chi connectivity index (χ1v) is 10.8. The van der Waals surface area contributed by atoms with E-state index in [1.165, 1.54) is 48.5 Å². The number of benzene rings is 3. The highest BCUT2D eigenvalue weighted by Gasteiger charge is 2.37. The summed E-state index contributed by atoms with van der Waals surface area (Å²) in [4.78, 5) is 12.8. The summed E-state index contributed by atoms with van der Waals surface area (Å²) >= 11 is 5.88. The fourth-order valence-electron chi connectivity index (χ4n) is 3.06. The van der Waals surface area contributed by atoms with Crippen molar-refractivity contribution >= 4 is 38.9 Å². The van der Waals surface area contributed by atoms with Crippen molar-refractivity contribution in [3.8, 4) is 5.75 Å². The summed E-state index contributed by atoms with van der Waals surface area (Å²) in [5.74, 6) is -0.718. The molecule has 1 amide bonds. The number of hydrogen-bond acceptors (Lipinski definition) is 4. The topological polar surface area (TPSA) is 75.7 Å². The molecule has 3 aromatic rings. The molecular weight excluding hydrogens is 431 g/mol. The Morgan fingerprint density at radius 1 is 1.03 bits per heavy atom. The first kappa shape index (κ1) is 20.2. The summed E-state index contributed by atoms with van der Waals surface area (Å²) in [5.41, 5.74) is 0.703. The van der Waals surface area contributed by atoms with Gasteiger partial charge in [0.15, 0.2) is 6.10 Å². The number of sulfonamides is 1. The number of fused-ring (bicyclic) bond motifs is 1. The van der Waals surface area contributed by atoms with Gasteiger partial charge in [-0.1, -0.05) is 23.7 Å². The molecule has 0 saturated heterocycles. The zero-order valence-corrected chi connectivity index (χ0v) is 17.0. The molecule has 6 nitrogen and oxygen atoms in total. The quantitative estimate of drug-likeness (QED) is 0.655. The summed E-state index contributed by atoms with van der Waals surface area (Å²) in [6.45, 7) is -0.227. The van der Waals surface area contributed by atoms with Gasteiger partial charge in [0.2, 0.25) is 0 Å². The van der Waals surface area contributed by atoms with E-state index in [4.69, 9.17) is 16.3 Å². The third kappa shape index (κ3) is 3.96. The molecule has 0 aliphatic carbocycles. The first-order valence-electron chi connectivity index (χ1n) is 8.95. The zero-order chi connectivity index (χ0) is 21.3. The van der Waals surface area contributed by atoms with Crippen molar-refractivity contribution in [3.05, 3.63) is 83.6 Å². The van der Waals surface area contributed by atoms with Crippen LogP contribution in [0, 0.1) is 5.82 Å². The Hall–Kier alpha value is -3.10. The van der Waals surface area contributed by atoms with Crippen molar-refractivity contribution < 1.29 is 22.3 Å². The molecule has 0 spiro atoms. The third-order valence-corrected chi connectivity index (χ3v) is 6.59. The predicted octanol–water partition coefficient (Wildman–Crippen LogP) is 4.07. The minimum atomic E-state index is -3.97. The van der Waals surface area contributed by atoms with E-state index in [-0.39, 0.29) is 17.2 Å². The molecule has 0 unspecified atom stereocenters. The average molecular weight is 447 g/mol. The Bertz CT molecular complexity index is 1180. The Morgan fingerprint density at radius 3 is 2.40 bits per heavy atom. The highest BCUT2D eigenvalue weighted by Crippen LogP contribution is 2.37. The monoisotopic (exact) mass is 446 g/mol. The van der Waals surface area contributed by atoms with Crippen LogP contribution in [0.3, 0.4) is 0 Å². The van der Waals surface area contributed by atoms with Gasteiger partial charge in [0.05, 0.1) is 17.1 Å². The van der Waals surface area contributed by atoms with Gasteiger partial charge in [-0.25, -0.2) is 12.8 Å². The van der Waals surface area contributed by atoms with E-state index < -0.39 is 27.9 Å². The van der Waals surface area contributed by atoms with Crippen LogP contribution in [0.25, 0.3) is 0 Å². The summed E-state index contributed by atoms with van der Waals surface area (Å²) in [7, 11) is -3.97. The number of carbonyl (C=O) groups excluding carboxylic acids is 1. The van der Waals surface area contributed by atoms with E-state index in [2.05, 4.69) is 5.32 Å². The van der Waals surface area contributed by atoms with E-state index in [0.29, 0.717) is 16.4 Å². The maximum absolute atomic E-state index is 13.3. The highest BCUT2D eigenvalue weighted by molar-refractivity contribution is 7.92. The van der Waals surface area contributed by atoms with Crippen LogP contribution in [0.5, 0.6) is 5.75 Å². The van der Waals surface area contributed by atoms with Gasteiger partial charge in [0.1, 0.15) is 11.6 Å². The Morgan fingerprint density at radius 2 is 1.70 bits per heavy atom. The molecule has 1 heterocycles. The second-order valence-corrected chi connectivity index (χ2v) is 8.86. The fraction of sp³-hybridized carbons (Fsp3) is 0.0952. The second-order valence-electron chi connectivity index (χ2n) is 6.56. The van der Waals surface area contributed by atoms with Gasteiger partial charge < -0.3 is 10.1 Å². The Kier molecular flexibility index (Phi) is 5.36. The van der Waals surface area contributed by atoms with Crippen molar-refractivity contribution in [2.45, 2.75) is 11.0 Å². The molecule has 3 aromatic carbocycles. The average Bonchev–Trinajstić information content (AvgIpc) is 2.74. The van der Waals surface area contributed by atoms with Crippen LogP contribution in [0.1, 0.15) is 0 Å². The van der Waals surface area contributed by atoms with Crippen molar-refractivity contribution in [2.24, 2.45) is 0 Å². The largest absolute Gasteiger partial charge is 0.476 e. The molecule has 1 aliphatic rings. The van der Waals surface area contributed by atoms with E-state index >= 15 is 0 Å². The van der Waals surface area contributed by atoms with E-state index in [1.54, 1.807) is 24.3 Å². The minimum absolute atomic E-state index is 0.0429. The number of para-hydroxylation sites is 2. The zero-order valence-electron chi connectivity index (χ0n) is 15.5. The Labute approximate surface area is 177 Å². The number of amides is 1. The summed E-state index contributed by atoms with van der Waals surface area (Å²) in [5, 5.41) is 3.03. The molecule has 1 N–H and O–H groups in total. The Balaban J connectivity index is 1.66. The van der Waals surface area contributed by atoms with Gasteiger partial charge in [-0.3, -0.25) is 9.10 Å². The number of rotatable bonds is 4. The van der Waals surface area contributed by atoms with Crippen molar-refractivity contribution in [1.82, 2.24) is 0 Å². The van der Waals surface area contributed by atoms with Crippen LogP contribution < -0.4 is 14.4 Å². The third-order valence-electron chi connectivity index (χ3n) is 4.54. The minimum Gasteiger partial charge on any atom is -0.476 e. The van der Waals surface area contributed by atoms with Crippen LogP contribution in [-0.2, 0) is 14.8 Å². The van der Waals surface area contributed by atoms with Gasteiger partial charge in [0.25, 0.3) is 15.9 Å². The number of ether oxygens (including phenoxy) is 1. The number of hydrogen-bond donors (Lipinski definition) is 1. The fourth-order valence-corrected chi connectivity index (χ4v) is 4.66. The van der Waals surface area contributed by atoms with Crippen LogP contribution in [0.4, 0.5) is 15.8 Å². The van der Waals surface area contributed by atoms with Crippen LogP contribution in [-0.4, -0.2) is 27.0 Å². The SMILES string of the molecule is O=C(Nc1ccc(F)cc1)[C@H]1CN(S(=O)(=O)c2ccc(Cl)cc2)c2ccccc2O1. The maximum Gasteiger partial charge on any atom is 0.267 e. The number of anilines is 2. The number of halogens is 2. The van der Waals surface area contributed by atoms with Gasteiger partial charge in [-0.2, -0.15) is 0 Å². The van der Waals surface area contributed by atoms with Crippen LogP contribution in [0.15, 0.2) is 77.7 Å². The lowest BCUT2D eigenvalue weighted by Crippen LogP contribution is -2.48. The smallest absolute Gasteiger partial charge is 0.267 e. The number of carbonyl (C=O) groups is 1. The van der Waals surface area contributed by atoms with Crippen LogP contribution in [0.2, 0.25) is 5.02 Å². The van der Waals surface area contributed by atoms with Crippen molar-refractivity contribution in [3.63, 3.8) is 0 Å². The van der Waals surface area contributed by atoms with Gasteiger partial charge in [-0.15, -0.1) is 0 Å².